The molecule has 0 aliphatic heterocycles. The van der Waals surface area contributed by atoms with Crippen LogP contribution in [0.3, 0.4) is 0 Å². The van der Waals surface area contributed by atoms with E-state index >= 15 is 0 Å². The molecule has 7 N–H and O–H groups in total. The number of ketones is 2. The van der Waals surface area contributed by atoms with Crippen LogP contribution in [0.5, 0.6) is 5.75 Å². The van der Waals surface area contributed by atoms with Crippen molar-refractivity contribution in [2.24, 2.45) is 23.5 Å². The molecule has 0 fully saturated rings. The molecule has 3 aliphatic carbocycles. The molecule has 0 unspecified atom stereocenters. The molecule has 0 bridgehead atoms. The molecule has 4 atom stereocenters. The van der Waals surface area contributed by atoms with Gasteiger partial charge in [-0.2, -0.15) is 0 Å². The number of aliphatic hydroxyl groups excluding tert-OH is 2. The molecule has 10 nitrogen and oxygen atoms in total. The Bertz CT molecular complexity index is 1270. The number of aliphatic hydroxyl groups is 3. The number of benzene rings is 1. The van der Waals surface area contributed by atoms with Crippen molar-refractivity contribution in [1.82, 2.24) is 10.2 Å². The normalized spacial score (nSPS) is 27.5. The van der Waals surface area contributed by atoms with Crippen LogP contribution in [0.25, 0.3) is 0 Å². The number of halogens is 1. The number of primary amides is 1. The maximum atomic E-state index is 15.0. The third-order valence-corrected chi connectivity index (χ3v) is 7.62. The second-order valence-electron chi connectivity index (χ2n) is 10.7. The van der Waals surface area contributed by atoms with Crippen molar-refractivity contribution in [1.29, 1.82) is 0 Å². The molecule has 0 heterocycles. The summed E-state index contributed by atoms with van der Waals surface area (Å²) in [4.78, 5) is 40.4. The Balaban J connectivity index is 1.86. The molecule has 11 heteroatoms. The minimum Gasteiger partial charge on any atom is -0.510 e. The smallest absolute Gasteiger partial charge is 0.255 e. The quantitative estimate of drug-likeness (QED) is 0.301. The van der Waals surface area contributed by atoms with E-state index in [9.17, 15) is 39.2 Å². The van der Waals surface area contributed by atoms with Gasteiger partial charge >= 0.3 is 0 Å². The average Bonchev–Trinajstić information content (AvgIpc) is 2.77. The van der Waals surface area contributed by atoms with Crippen LogP contribution < -0.4 is 11.1 Å². The maximum absolute atomic E-state index is 15.0. The molecule has 0 aromatic heterocycles. The highest BCUT2D eigenvalue weighted by molar-refractivity contribution is 6.24. The first-order chi connectivity index (χ1) is 17.2. The number of phenolic OH excluding ortho intramolecular Hbond substituents is 1. The number of phenols is 1. The van der Waals surface area contributed by atoms with E-state index in [2.05, 4.69) is 5.32 Å². The molecule has 200 valence electrons. The fraction of sp³-hybridized carbons (Fsp3) is 0.500. The Hall–Kier alpha value is -3.28. The summed E-state index contributed by atoms with van der Waals surface area (Å²) in [5.41, 5.74) is 1.40. The van der Waals surface area contributed by atoms with E-state index in [4.69, 9.17) is 5.73 Å². The van der Waals surface area contributed by atoms with Crippen LogP contribution in [0.15, 0.2) is 28.7 Å². The number of aromatic hydroxyl groups is 1. The third kappa shape index (κ3) is 3.92. The number of likely N-dealkylation sites (N-methyl/N-ethyl adjacent to an activating group) is 1. The van der Waals surface area contributed by atoms with Crippen molar-refractivity contribution in [2.75, 3.05) is 20.6 Å². The van der Waals surface area contributed by atoms with E-state index in [0.29, 0.717) is 6.54 Å². The van der Waals surface area contributed by atoms with E-state index in [1.165, 1.54) is 11.0 Å². The topological polar surface area (TPSA) is 173 Å². The number of carbonyl (C=O) groups excluding carboxylic acids is 3. The van der Waals surface area contributed by atoms with Crippen molar-refractivity contribution < 1.29 is 39.2 Å². The molecule has 0 spiro atoms. The molecule has 0 saturated heterocycles. The van der Waals surface area contributed by atoms with Gasteiger partial charge in [-0.05, 0) is 56.9 Å². The SMILES string of the molecule is CC(C)CNCc1c(F)cc2c(c1O)C(=O)C1=C(O)[C@]3(O)C(=O)C(C(N)=O)=C(O)[C@@H](N(C)C)[C@@H]3C[C@@H]1C2. The van der Waals surface area contributed by atoms with Crippen molar-refractivity contribution in [2.45, 2.75) is 44.9 Å². The minimum atomic E-state index is -2.71. The number of Topliss-reactive ketones (excluding diaryl/α,β-unsaturated/α-hetero) is 2. The summed E-state index contributed by atoms with van der Waals surface area (Å²) in [6.07, 6.45) is -0.00937. The van der Waals surface area contributed by atoms with E-state index in [1.807, 2.05) is 13.8 Å². The van der Waals surface area contributed by atoms with Crippen LogP contribution in [0.4, 0.5) is 4.39 Å². The highest BCUT2D eigenvalue weighted by Crippen LogP contribution is 2.52. The van der Waals surface area contributed by atoms with Crippen molar-refractivity contribution in [3.8, 4) is 5.75 Å². The largest absolute Gasteiger partial charge is 0.510 e. The van der Waals surface area contributed by atoms with E-state index in [0.717, 1.165) is 0 Å². The van der Waals surface area contributed by atoms with Crippen LogP contribution in [-0.4, -0.2) is 75.1 Å². The highest BCUT2D eigenvalue weighted by Gasteiger charge is 2.63. The van der Waals surface area contributed by atoms with Gasteiger partial charge in [-0.1, -0.05) is 13.8 Å². The van der Waals surface area contributed by atoms with Gasteiger partial charge < -0.3 is 31.5 Å². The summed E-state index contributed by atoms with van der Waals surface area (Å²) in [5.74, 6) is -7.87. The molecule has 1 aromatic rings. The number of carbonyl (C=O) groups is 3. The molecular weight excluding hydrogens is 485 g/mol. The number of hydrogen-bond donors (Lipinski definition) is 6. The summed E-state index contributed by atoms with van der Waals surface area (Å²) in [6, 6.07) is 0.108. The summed E-state index contributed by atoms with van der Waals surface area (Å²) in [5, 5.41) is 47.5. The number of nitrogens with one attached hydrogen (secondary N) is 1. The molecule has 1 amide bonds. The fourth-order valence-electron chi connectivity index (χ4n) is 5.97. The molecular formula is C26H32FN3O7. The van der Waals surface area contributed by atoms with Gasteiger partial charge in [0.1, 0.15) is 28.7 Å². The zero-order chi connectivity index (χ0) is 27.6. The lowest BCUT2D eigenvalue weighted by Gasteiger charge is -2.50. The number of rotatable bonds is 6. The van der Waals surface area contributed by atoms with Crippen LogP contribution >= 0.6 is 0 Å². The second kappa shape index (κ2) is 9.23. The van der Waals surface area contributed by atoms with Crippen LogP contribution in [0, 0.1) is 23.6 Å². The van der Waals surface area contributed by atoms with Gasteiger partial charge in [0.15, 0.2) is 11.4 Å². The van der Waals surface area contributed by atoms with Gasteiger partial charge in [0.05, 0.1) is 11.6 Å². The maximum Gasteiger partial charge on any atom is 0.255 e. The van der Waals surface area contributed by atoms with Gasteiger partial charge in [0.25, 0.3) is 5.91 Å². The summed E-state index contributed by atoms with van der Waals surface area (Å²) in [6.45, 7) is 4.43. The molecule has 37 heavy (non-hydrogen) atoms. The lowest BCUT2D eigenvalue weighted by atomic mass is 9.58. The van der Waals surface area contributed by atoms with Crippen molar-refractivity contribution in [3.63, 3.8) is 0 Å². The Labute approximate surface area is 213 Å². The van der Waals surface area contributed by atoms with E-state index in [1.54, 1.807) is 14.1 Å². The van der Waals surface area contributed by atoms with Gasteiger partial charge in [0.2, 0.25) is 5.78 Å². The molecule has 4 rings (SSSR count). The minimum absolute atomic E-state index is 0.0358. The molecule has 1 aromatic carbocycles. The first kappa shape index (κ1) is 26.8. The zero-order valence-corrected chi connectivity index (χ0v) is 21.1. The lowest BCUT2D eigenvalue weighted by molar-refractivity contribution is -0.148. The number of fused-ring (bicyclic) bond motifs is 3. The summed E-state index contributed by atoms with van der Waals surface area (Å²) < 4.78 is 15.0. The lowest BCUT2D eigenvalue weighted by Crippen LogP contribution is -2.63. The summed E-state index contributed by atoms with van der Waals surface area (Å²) in [7, 11) is 3.10. The van der Waals surface area contributed by atoms with Crippen LogP contribution in [-0.2, 0) is 22.6 Å². The number of nitrogens with zero attached hydrogens (tertiary/aromatic N) is 1. The third-order valence-electron chi connectivity index (χ3n) is 7.62. The van der Waals surface area contributed by atoms with E-state index in [-0.39, 0.29) is 47.6 Å². The number of allylic oxidation sites excluding steroid dienone is 1. The van der Waals surface area contributed by atoms with Crippen LogP contribution in [0.2, 0.25) is 0 Å². The summed E-state index contributed by atoms with van der Waals surface area (Å²) >= 11 is 0. The zero-order valence-electron chi connectivity index (χ0n) is 21.1. The first-order valence-corrected chi connectivity index (χ1v) is 12.1. The fourth-order valence-corrected chi connectivity index (χ4v) is 5.97. The standard InChI is InChI=1S/C26H32FN3O7/c1-10(2)8-29-9-13-15(27)7-12-5-11-6-14-19(30(3)4)22(33)18(25(28)36)24(35)26(14,37)23(34)17(11)21(32)16(12)20(13)31/h7,10-11,14,19,29,31,33-34,37H,5-6,8-9H2,1-4H3,(H2,28,36)/t11-,14-,19-,26-/m0/s1. The van der Waals surface area contributed by atoms with Gasteiger partial charge in [-0.15, -0.1) is 0 Å². The van der Waals surface area contributed by atoms with Gasteiger partial charge in [-0.25, -0.2) is 4.39 Å². The second-order valence-corrected chi connectivity index (χ2v) is 10.7. The molecule has 3 aliphatic rings. The van der Waals surface area contributed by atoms with Crippen molar-refractivity contribution >= 4 is 17.5 Å². The predicted molar refractivity (Wildman–Crippen MR) is 130 cm³/mol. The molecule has 0 saturated carbocycles. The predicted octanol–water partition coefficient (Wildman–Crippen LogP) is 1.01. The van der Waals surface area contributed by atoms with Crippen LogP contribution in [0.1, 0.15) is 41.8 Å². The Kier molecular flexibility index (Phi) is 6.68. The number of nitrogens with two attached hydrogens (primary N) is 1. The van der Waals surface area contributed by atoms with Crippen molar-refractivity contribution in [3.05, 3.63) is 51.2 Å². The molecule has 0 radical (unpaired) electrons. The Morgan fingerprint density at radius 1 is 1.27 bits per heavy atom. The first-order valence-electron chi connectivity index (χ1n) is 12.1. The number of hydrogen-bond acceptors (Lipinski definition) is 9. The Morgan fingerprint density at radius 2 is 1.92 bits per heavy atom. The van der Waals surface area contributed by atoms with E-state index < -0.39 is 69.6 Å². The van der Waals surface area contributed by atoms with Gasteiger partial charge in [0, 0.05) is 23.6 Å². The number of amides is 1. The Morgan fingerprint density at radius 3 is 2.49 bits per heavy atom. The monoisotopic (exact) mass is 517 g/mol. The average molecular weight is 518 g/mol. The van der Waals surface area contributed by atoms with Gasteiger partial charge in [-0.3, -0.25) is 19.3 Å². The highest BCUT2D eigenvalue weighted by atomic mass is 19.1.